The molecule has 15 heteroatoms. The SMILES string of the molecule is Nc1c(Nc2csc(CNC(=O)[C@@H]3CC4(CN3C(=O)CNC(=O)c3ccc(Oc5ccc(F)cc5)cc3)OCCO4)c2)c(=O)c1=O. The zero-order valence-electron chi connectivity index (χ0n) is 24.2. The third-order valence-corrected chi connectivity index (χ3v) is 8.54. The van der Waals surface area contributed by atoms with E-state index in [1.54, 1.807) is 23.6 Å². The van der Waals surface area contributed by atoms with Crippen LogP contribution in [0.1, 0.15) is 21.7 Å². The molecule has 1 atom stereocenters. The number of amides is 3. The molecule has 46 heavy (non-hydrogen) atoms. The molecule has 0 unspecified atom stereocenters. The molecule has 3 aromatic carbocycles. The van der Waals surface area contributed by atoms with Crippen LogP contribution in [0.5, 0.6) is 11.5 Å². The van der Waals surface area contributed by atoms with Crippen molar-refractivity contribution in [2.45, 2.75) is 24.8 Å². The van der Waals surface area contributed by atoms with E-state index >= 15 is 0 Å². The van der Waals surface area contributed by atoms with Crippen LogP contribution in [-0.2, 0) is 25.6 Å². The lowest BCUT2D eigenvalue weighted by molar-refractivity contribution is -0.152. The maximum absolute atomic E-state index is 13.3. The molecule has 238 valence electrons. The summed E-state index contributed by atoms with van der Waals surface area (Å²) in [4.78, 5) is 64.5. The van der Waals surface area contributed by atoms with Crippen LogP contribution in [0.3, 0.4) is 0 Å². The van der Waals surface area contributed by atoms with Crippen LogP contribution in [0.2, 0.25) is 0 Å². The molecule has 0 aliphatic carbocycles. The van der Waals surface area contributed by atoms with Crippen LogP contribution in [-0.4, -0.2) is 60.8 Å². The topological polar surface area (TPSA) is 178 Å². The molecule has 0 radical (unpaired) electrons. The lowest BCUT2D eigenvalue weighted by Gasteiger charge is -2.24. The van der Waals surface area contributed by atoms with E-state index in [-0.39, 0.29) is 48.8 Å². The van der Waals surface area contributed by atoms with Gasteiger partial charge in [0.15, 0.2) is 5.79 Å². The minimum atomic E-state index is -1.11. The van der Waals surface area contributed by atoms with Gasteiger partial charge in [-0.25, -0.2) is 4.39 Å². The number of nitrogen functional groups attached to an aromatic ring is 1. The Labute approximate surface area is 264 Å². The Hall–Kier alpha value is -5.12. The second kappa shape index (κ2) is 12.7. The first-order valence-electron chi connectivity index (χ1n) is 14.2. The number of rotatable bonds is 10. The first-order chi connectivity index (χ1) is 22.1. The summed E-state index contributed by atoms with van der Waals surface area (Å²) >= 11 is 1.31. The number of thiophene rings is 1. The van der Waals surface area contributed by atoms with Gasteiger partial charge in [0, 0.05) is 27.9 Å². The number of carbonyl (C=O) groups excluding carboxylic acids is 3. The van der Waals surface area contributed by atoms with E-state index in [1.807, 2.05) is 0 Å². The van der Waals surface area contributed by atoms with Gasteiger partial charge in [-0.1, -0.05) is 0 Å². The molecule has 5 N–H and O–H groups in total. The molecule has 0 bridgehead atoms. The van der Waals surface area contributed by atoms with E-state index in [0.717, 1.165) is 4.88 Å². The van der Waals surface area contributed by atoms with Crippen molar-refractivity contribution in [1.29, 1.82) is 0 Å². The number of likely N-dealkylation sites (tertiary alicyclic amines) is 1. The lowest BCUT2D eigenvalue weighted by atomic mass is 10.1. The highest BCUT2D eigenvalue weighted by molar-refractivity contribution is 7.10. The number of hydrogen-bond donors (Lipinski definition) is 4. The van der Waals surface area contributed by atoms with E-state index in [1.165, 1.54) is 52.6 Å². The number of hydrogen-bond acceptors (Lipinski definition) is 11. The van der Waals surface area contributed by atoms with E-state index < -0.39 is 40.4 Å². The predicted octanol–water partition coefficient (Wildman–Crippen LogP) is 1.99. The van der Waals surface area contributed by atoms with Crippen molar-refractivity contribution in [3.63, 3.8) is 0 Å². The van der Waals surface area contributed by atoms with Gasteiger partial charge in [-0.05, 0) is 54.6 Å². The van der Waals surface area contributed by atoms with Crippen molar-refractivity contribution in [2.24, 2.45) is 0 Å². The van der Waals surface area contributed by atoms with Crippen molar-refractivity contribution in [1.82, 2.24) is 15.5 Å². The summed E-state index contributed by atoms with van der Waals surface area (Å²) in [5, 5.41) is 9.96. The van der Waals surface area contributed by atoms with Crippen LogP contribution < -0.4 is 37.3 Å². The zero-order valence-corrected chi connectivity index (χ0v) is 25.0. The number of benzene rings is 2. The summed E-state index contributed by atoms with van der Waals surface area (Å²) in [5.41, 5.74) is 4.91. The summed E-state index contributed by atoms with van der Waals surface area (Å²) < 4.78 is 30.3. The molecule has 2 aliphatic heterocycles. The number of carbonyl (C=O) groups is 3. The Morgan fingerprint density at radius 1 is 1.00 bits per heavy atom. The highest BCUT2D eigenvalue weighted by Gasteiger charge is 2.52. The van der Waals surface area contributed by atoms with Crippen molar-refractivity contribution in [2.75, 3.05) is 37.4 Å². The fourth-order valence-corrected chi connectivity index (χ4v) is 5.98. The van der Waals surface area contributed by atoms with Crippen molar-refractivity contribution >= 4 is 46.1 Å². The van der Waals surface area contributed by atoms with Gasteiger partial charge in [0.25, 0.3) is 16.8 Å². The van der Waals surface area contributed by atoms with Gasteiger partial charge >= 0.3 is 0 Å². The van der Waals surface area contributed by atoms with Crippen LogP contribution >= 0.6 is 11.3 Å². The second-order valence-corrected chi connectivity index (χ2v) is 11.7. The normalized spacial score (nSPS) is 16.9. The maximum Gasteiger partial charge on any atom is 0.253 e. The van der Waals surface area contributed by atoms with Gasteiger partial charge in [0.05, 0.1) is 32.8 Å². The average molecular weight is 650 g/mol. The Morgan fingerprint density at radius 3 is 2.35 bits per heavy atom. The molecule has 1 spiro atoms. The molecule has 2 fully saturated rings. The fourth-order valence-electron chi connectivity index (χ4n) is 5.22. The van der Waals surface area contributed by atoms with Crippen molar-refractivity contribution in [3.05, 3.63) is 96.7 Å². The molecule has 3 amide bonds. The van der Waals surface area contributed by atoms with Crippen LogP contribution in [0.4, 0.5) is 21.5 Å². The highest BCUT2D eigenvalue weighted by Crippen LogP contribution is 2.35. The number of halogens is 1. The molecular formula is C31H28FN5O8S. The van der Waals surface area contributed by atoms with Gasteiger partial charge in [0.2, 0.25) is 11.8 Å². The average Bonchev–Trinajstić information content (AvgIpc) is 3.82. The number of nitrogens with one attached hydrogen (secondary N) is 3. The van der Waals surface area contributed by atoms with Gasteiger partial charge in [-0.15, -0.1) is 11.3 Å². The monoisotopic (exact) mass is 649 g/mol. The Balaban J connectivity index is 1.04. The minimum Gasteiger partial charge on any atom is -0.457 e. The molecule has 2 saturated heterocycles. The second-order valence-electron chi connectivity index (χ2n) is 10.7. The number of anilines is 3. The molecule has 0 saturated carbocycles. The van der Waals surface area contributed by atoms with Gasteiger partial charge in [-0.3, -0.25) is 24.0 Å². The van der Waals surface area contributed by atoms with Gasteiger partial charge in [0.1, 0.15) is 34.7 Å². The fraction of sp³-hybridized carbons (Fsp3) is 0.258. The van der Waals surface area contributed by atoms with Crippen LogP contribution in [0.15, 0.2) is 69.6 Å². The molecule has 6 rings (SSSR count). The Morgan fingerprint density at radius 2 is 1.67 bits per heavy atom. The Bertz CT molecular complexity index is 1850. The third kappa shape index (κ3) is 6.47. The van der Waals surface area contributed by atoms with E-state index in [9.17, 15) is 28.4 Å². The van der Waals surface area contributed by atoms with Crippen LogP contribution in [0.25, 0.3) is 0 Å². The van der Waals surface area contributed by atoms with Crippen molar-refractivity contribution < 1.29 is 33.0 Å². The number of nitrogens with two attached hydrogens (primary N) is 1. The van der Waals surface area contributed by atoms with Gasteiger partial charge in [-0.2, -0.15) is 0 Å². The third-order valence-electron chi connectivity index (χ3n) is 7.60. The molecule has 4 aromatic rings. The summed E-state index contributed by atoms with van der Waals surface area (Å²) in [6.45, 7) is 0.442. The Kier molecular flexibility index (Phi) is 8.53. The van der Waals surface area contributed by atoms with E-state index in [0.29, 0.717) is 30.4 Å². The smallest absolute Gasteiger partial charge is 0.253 e. The summed E-state index contributed by atoms with van der Waals surface area (Å²) in [6.07, 6.45) is 0.120. The minimum absolute atomic E-state index is 0.0194. The number of ether oxygens (including phenoxy) is 3. The summed E-state index contributed by atoms with van der Waals surface area (Å²) in [5.74, 6) is -2.04. The lowest BCUT2D eigenvalue weighted by Crippen LogP contribution is -2.49. The van der Waals surface area contributed by atoms with Crippen molar-refractivity contribution in [3.8, 4) is 11.5 Å². The summed E-state index contributed by atoms with van der Waals surface area (Å²) in [7, 11) is 0. The first kappa shape index (κ1) is 30.9. The molecule has 13 nitrogen and oxygen atoms in total. The molecular weight excluding hydrogens is 621 g/mol. The van der Waals surface area contributed by atoms with E-state index in [4.69, 9.17) is 19.9 Å². The maximum atomic E-state index is 13.3. The standard InChI is InChI=1S/C31H28FN5O8S/c32-18-3-7-21(8-4-18)45-20-5-1-17(2-6-20)29(41)35-14-24(38)37-16-31(43-9-10-44-31)12-23(37)30(42)34-13-22-11-19(15-46-22)36-26-25(33)27(39)28(26)40/h1-8,11,15,23,36H,9-10,12-14,16,33H2,(H,34,42)(H,35,41)/t23-/m0/s1. The highest BCUT2D eigenvalue weighted by atomic mass is 32.1. The summed E-state index contributed by atoms with van der Waals surface area (Å²) in [6, 6.07) is 12.5. The molecule has 3 heterocycles. The quantitative estimate of drug-likeness (QED) is 0.186. The first-order valence-corrected chi connectivity index (χ1v) is 15.1. The van der Waals surface area contributed by atoms with Gasteiger partial charge < -0.3 is 40.8 Å². The predicted molar refractivity (Wildman–Crippen MR) is 165 cm³/mol. The largest absolute Gasteiger partial charge is 0.457 e. The molecule has 1 aromatic heterocycles. The van der Waals surface area contributed by atoms with E-state index in [2.05, 4.69) is 16.0 Å². The number of nitrogens with zero attached hydrogens (tertiary/aromatic N) is 1. The zero-order chi connectivity index (χ0) is 32.4. The van der Waals surface area contributed by atoms with Crippen LogP contribution in [0, 0.1) is 5.82 Å². The molecule has 2 aliphatic rings.